The van der Waals surface area contributed by atoms with Crippen LogP contribution in [0.2, 0.25) is 0 Å². The zero-order chi connectivity index (χ0) is 31.5. The van der Waals surface area contributed by atoms with E-state index in [2.05, 4.69) is 34.0 Å². The van der Waals surface area contributed by atoms with Crippen LogP contribution in [0, 0.1) is 5.41 Å². The van der Waals surface area contributed by atoms with Crippen molar-refractivity contribution in [2.45, 2.75) is 121 Å². The highest BCUT2D eigenvalue weighted by Crippen LogP contribution is 2.56. The average molecular weight is 647 g/mol. The second-order valence-corrected chi connectivity index (χ2v) is 15.7. The molecule has 3 N–H and O–H groups in total. The summed E-state index contributed by atoms with van der Waals surface area (Å²) in [5.41, 5.74) is 11.0. The number of hydrogen-bond acceptors (Lipinski definition) is 10. The lowest BCUT2D eigenvalue weighted by molar-refractivity contribution is -0.0386. The molecule has 2 saturated heterocycles. The van der Waals surface area contributed by atoms with E-state index in [4.69, 9.17) is 25.3 Å². The third-order valence-electron chi connectivity index (χ3n) is 11.2. The van der Waals surface area contributed by atoms with E-state index in [9.17, 15) is 4.79 Å². The molecule has 11 nitrogen and oxygen atoms in total. The van der Waals surface area contributed by atoms with Crippen molar-refractivity contribution in [3.8, 4) is 11.4 Å². The van der Waals surface area contributed by atoms with Gasteiger partial charge in [-0.1, -0.05) is 13.8 Å². The minimum absolute atomic E-state index is 0.200. The van der Waals surface area contributed by atoms with Crippen molar-refractivity contribution >= 4 is 28.3 Å². The van der Waals surface area contributed by atoms with Gasteiger partial charge in [-0.25, -0.2) is 19.6 Å². The molecule has 4 fully saturated rings. The first-order valence-corrected chi connectivity index (χ1v) is 18.1. The van der Waals surface area contributed by atoms with Gasteiger partial charge in [0.2, 0.25) is 5.95 Å². The molecule has 2 aliphatic heterocycles. The molecule has 46 heavy (non-hydrogen) atoms. The highest BCUT2D eigenvalue weighted by molar-refractivity contribution is 7.14. The summed E-state index contributed by atoms with van der Waals surface area (Å²) in [7, 11) is 0. The predicted molar refractivity (Wildman–Crippen MR) is 177 cm³/mol. The fourth-order valence-electron chi connectivity index (χ4n) is 8.36. The summed E-state index contributed by atoms with van der Waals surface area (Å²) in [5.74, 6) is -0.0831. The lowest BCUT2D eigenvalue weighted by Crippen LogP contribution is -2.45. The van der Waals surface area contributed by atoms with Crippen molar-refractivity contribution in [3.63, 3.8) is 0 Å². The molecule has 1 atom stereocenters. The van der Waals surface area contributed by atoms with Crippen LogP contribution in [-0.2, 0) is 27.9 Å². The van der Waals surface area contributed by atoms with E-state index in [0.29, 0.717) is 30.5 Å². The number of piperidine rings is 1. The molecule has 5 aliphatic rings. The quantitative estimate of drug-likeness (QED) is 0.323. The molecule has 5 heterocycles. The van der Waals surface area contributed by atoms with E-state index in [1.807, 2.05) is 10.1 Å². The number of rotatable bonds is 7. The van der Waals surface area contributed by atoms with Gasteiger partial charge in [-0.2, -0.15) is 5.10 Å². The highest BCUT2D eigenvalue weighted by atomic mass is 32.1. The highest BCUT2D eigenvalue weighted by Gasteiger charge is 2.46. The number of fused-ring (bicyclic) bond motifs is 3. The van der Waals surface area contributed by atoms with Crippen molar-refractivity contribution in [3.05, 3.63) is 34.1 Å². The van der Waals surface area contributed by atoms with Crippen LogP contribution in [-0.4, -0.2) is 67.4 Å². The average Bonchev–Trinajstić information content (AvgIpc) is 3.45. The summed E-state index contributed by atoms with van der Waals surface area (Å²) in [5, 5.41) is 10.5. The summed E-state index contributed by atoms with van der Waals surface area (Å²) in [6, 6.07) is 0.774. The Bertz CT molecular complexity index is 1590. The minimum atomic E-state index is -0.380. The van der Waals surface area contributed by atoms with Crippen molar-refractivity contribution in [2.75, 3.05) is 30.7 Å². The fraction of sp³-hybridized carbons (Fsp3) is 0.676. The van der Waals surface area contributed by atoms with Gasteiger partial charge in [0, 0.05) is 42.9 Å². The standard InChI is InChI=1S/C34H46N8O3S/c1-33(2)17-21-18-36-31(35)38-27(21)29-26(33)28(40-42(29)25-5-3-4-16-44-25)30(43)39-32-37-22(20-46-32)19-45-24-8-14-41(15-9-24)23-6-10-34(11-7-23)12-13-34/h18,20,23-25H,3-17,19H2,1-2H3,(H2,35,36,38)(H,37,39,43). The monoisotopic (exact) mass is 646 g/mol. The lowest BCUT2D eigenvalue weighted by Gasteiger charge is -2.41. The molecule has 0 aromatic carbocycles. The van der Waals surface area contributed by atoms with Gasteiger partial charge in [-0.15, -0.1) is 11.3 Å². The summed E-state index contributed by atoms with van der Waals surface area (Å²) in [4.78, 5) is 30.2. The maximum absolute atomic E-state index is 13.9. The number of hydrogen-bond donors (Lipinski definition) is 2. The first kappa shape index (κ1) is 30.4. The van der Waals surface area contributed by atoms with Crippen LogP contribution in [0.25, 0.3) is 11.4 Å². The van der Waals surface area contributed by atoms with Crippen LogP contribution in [0.1, 0.15) is 118 Å². The van der Waals surface area contributed by atoms with Gasteiger partial charge in [-0.3, -0.25) is 10.1 Å². The Morgan fingerprint density at radius 3 is 2.65 bits per heavy atom. The van der Waals surface area contributed by atoms with Gasteiger partial charge < -0.3 is 20.1 Å². The molecule has 0 radical (unpaired) electrons. The largest absolute Gasteiger partial charge is 0.372 e. The molecular formula is C34H46N8O3S. The predicted octanol–water partition coefficient (Wildman–Crippen LogP) is 5.87. The summed E-state index contributed by atoms with van der Waals surface area (Å²) < 4.78 is 14.3. The molecule has 12 heteroatoms. The minimum Gasteiger partial charge on any atom is -0.372 e. The van der Waals surface area contributed by atoms with Crippen LogP contribution in [0.15, 0.2) is 11.6 Å². The van der Waals surface area contributed by atoms with Gasteiger partial charge in [-0.05, 0) is 93.4 Å². The van der Waals surface area contributed by atoms with Crippen LogP contribution in [0.3, 0.4) is 0 Å². The van der Waals surface area contributed by atoms with Crippen LogP contribution in [0.5, 0.6) is 0 Å². The Balaban J connectivity index is 0.937. The Morgan fingerprint density at radius 2 is 1.91 bits per heavy atom. The molecule has 1 amide bonds. The van der Waals surface area contributed by atoms with Gasteiger partial charge in [0.05, 0.1) is 29.8 Å². The first-order chi connectivity index (χ1) is 22.3. The van der Waals surface area contributed by atoms with Crippen molar-refractivity contribution in [1.82, 2.24) is 29.6 Å². The number of likely N-dealkylation sites (tertiary alicyclic amines) is 1. The topological polar surface area (TPSA) is 133 Å². The maximum Gasteiger partial charge on any atom is 0.278 e. The number of nitrogens with two attached hydrogens (primary N) is 1. The molecule has 3 aromatic heterocycles. The third kappa shape index (κ3) is 5.86. The number of amides is 1. The number of thiazole rings is 1. The van der Waals surface area contributed by atoms with E-state index in [1.54, 1.807) is 6.20 Å². The zero-order valence-corrected chi connectivity index (χ0v) is 27.9. The Kier molecular flexibility index (Phi) is 7.90. The summed E-state index contributed by atoms with van der Waals surface area (Å²) in [6.07, 6.45) is 16.0. The van der Waals surface area contributed by atoms with Gasteiger partial charge in [0.1, 0.15) is 0 Å². The lowest BCUT2D eigenvalue weighted by atomic mass is 9.73. The van der Waals surface area contributed by atoms with Crippen molar-refractivity contribution in [2.24, 2.45) is 5.41 Å². The second kappa shape index (κ2) is 11.9. The van der Waals surface area contributed by atoms with E-state index in [1.165, 1.54) is 49.9 Å². The molecule has 8 rings (SSSR count). The number of ether oxygens (including phenoxy) is 2. The normalized spacial score (nSPS) is 24.4. The van der Waals surface area contributed by atoms with Gasteiger partial charge >= 0.3 is 0 Å². The Morgan fingerprint density at radius 1 is 1.11 bits per heavy atom. The van der Waals surface area contributed by atoms with Crippen LogP contribution in [0.4, 0.5) is 11.1 Å². The number of anilines is 2. The van der Waals surface area contributed by atoms with Crippen LogP contribution >= 0.6 is 11.3 Å². The molecular weight excluding hydrogens is 600 g/mol. The second-order valence-electron chi connectivity index (χ2n) is 14.9. The van der Waals surface area contributed by atoms with E-state index >= 15 is 0 Å². The smallest absolute Gasteiger partial charge is 0.278 e. The first-order valence-electron chi connectivity index (χ1n) is 17.2. The van der Waals surface area contributed by atoms with Crippen molar-refractivity contribution < 1.29 is 14.3 Å². The molecule has 2 saturated carbocycles. The number of aromatic nitrogens is 5. The van der Waals surface area contributed by atoms with E-state index in [0.717, 1.165) is 84.9 Å². The van der Waals surface area contributed by atoms with E-state index in [-0.39, 0.29) is 29.6 Å². The number of carbonyl (C=O) groups is 1. The van der Waals surface area contributed by atoms with Gasteiger partial charge in [0.15, 0.2) is 17.1 Å². The zero-order valence-electron chi connectivity index (χ0n) is 27.1. The Labute approximate surface area is 274 Å². The molecule has 3 aliphatic carbocycles. The Hall–Kier alpha value is -2.93. The van der Waals surface area contributed by atoms with Crippen LogP contribution < -0.4 is 11.1 Å². The number of carbonyl (C=O) groups excluding carboxylic acids is 1. The SMILES string of the molecule is CC1(C)Cc2cnc(N)nc2-c2c1c(C(=O)Nc1nc(COC3CCN(C4CCC5(CC4)CC5)CC3)cs1)nn2C1CCCCO1. The van der Waals surface area contributed by atoms with Crippen molar-refractivity contribution in [1.29, 1.82) is 0 Å². The number of nitrogens with one attached hydrogen (secondary N) is 1. The molecule has 0 bridgehead atoms. The van der Waals surface area contributed by atoms with E-state index < -0.39 is 0 Å². The summed E-state index contributed by atoms with van der Waals surface area (Å²) >= 11 is 1.42. The summed E-state index contributed by atoms with van der Waals surface area (Å²) in [6.45, 7) is 7.64. The maximum atomic E-state index is 13.9. The van der Waals surface area contributed by atoms with Gasteiger partial charge in [0.25, 0.3) is 5.91 Å². The molecule has 1 spiro atoms. The number of nitrogens with zero attached hydrogens (tertiary/aromatic N) is 6. The molecule has 246 valence electrons. The molecule has 3 aromatic rings. The number of nitrogen functional groups attached to an aromatic ring is 1. The third-order valence-corrected chi connectivity index (χ3v) is 12.0. The fourth-order valence-corrected chi connectivity index (χ4v) is 9.05. The molecule has 1 unspecified atom stereocenters.